The van der Waals surface area contributed by atoms with Crippen molar-refractivity contribution in [1.29, 1.82) is 0 Å². The van der Waals surface area contributed by atoms with Crippen molar-refractivity contribution in [2.24, 2.45) is 17.8 Å². The van der Waals surface area contributed by atoms with Crippen LogP contribution in [0.25, 0.3) is 0 Å². The third-order valence-electron chi connectivity index (χ3n) is 4.03. The zero-order valence-corrected chi connectivity index (χ0v) is 12.5. The van der Waals surface area contributed by atoms with Crippen LogP contribution in [0.2, 0.25) is 0 Å². The number of halogens is 1. The predicted octanol–water partition coefficient (Wildman–Crippen LogP) is 2.65. The molecule has 5 nitrogen and oxygen atoms in total. The molecule has 2 aliphatic carbocycles. The van der Waals surface area contributed by atoms with E-state index in [9.17, 15) is 4.79 Å². The molecule has 6 heteroatoms. The zero-order valence-electron chi connectivity index (χ0n) is 10.9. The van der Waals surface area contributed by atoms with Gasteiger partial charge < -0.3 is 4.74 Å². The maximum absolute atomic E-state index is 12.3. The number of carbonyl (C=O) groups excluding carboxylic acids is 1. The minimum absolute atomic E-state index is 0.157. The van der Waals surface area contributed by atoms with Crippen LogP contribution in [0.15, 0.2) is 4.73 Å². The monoisotopic (exact) mass is 327 g/mol. The van der Waals surface area contributed by atoms with E-state index in [1.807, 2.05) is 6.92 Å². The molecule has 0 aliphatic heterocycles. The van der Waals surface area contributed by atoms with E-state index in [1.165, 1.54) is 25.7 Å². The Bertz CT molecular complexity index is 456. The van der Waals surface area contributed by atoms with E-state index in [-0.39, 0.29) is 11.9 Å². The van der Waals surface area contributed by atoms with E-state index in [0.717, 1.165) is 0 Å². The molecule has 1 aromatic heterocycles. The molecule has 1 N–H and O–H groups in total. The summed E-state index contributed by atoms with van der Waals surface area (Å²) < 4.78 is 5.76. The molecule has 3 rings (SSSR count). The SMILES string of the molecule is CCOC(=O)C(c1nc(Br)n[nH]1)C(C1CC1)C1CC1. The van der Waals surface area contributed by atoms with Gasteiger partial charge in [0, 0.05) is 0 Å². The van der Waals surface area contributed by atoms with Gasteiger partial charge in [-0.05, 0) is 66.3 Å². The molecule has 0 amide bonds. The Labute approximate surface area is 120 Å². The van der Waals surface area contributed by atoms with Gasteiger partial charge in [-0.25, -0.2) is 4.98 Å². The van der Waals surface area contributed by atoms with Crippen molar-refractivity contribution in [2.75, 3.05) is 6.61 Å². The summed E-state index contributed by atoms with van der Waals surface area (Å²) in [7, 11) is 0. The number of rotatable bonds is 6. The molecule has 1 aromatic rings. The van der Waals surface area contributed by atoms with Crippen LogP contribution in [0.5, 0.6) is 0 Å². The number of carbonyl (C=O) groups is 1. The van der Waals surface area contributed by atoms with Gasteiger partial charge in [0.15, 0.2) is 0 Å². The highest BCUT2D eigenvalue weighted by Crippen LogP contribution is 2.54. The van der Waals surface area contributed by atoms with E-state index < -0.39 is 0 Å². The smallest absolute Gasteiger partial charge is 0.316 e. The summed E-state index contributed by atoms with van der Waals surface area (Å²) in [6, 6.07) is 0. The molecule has 0 spiro atoms. The quantitative estimate of drug-likeness (QED) is 0.815. The van der Waals surface area contributed by atoms with Crippen molar-refractivity contribution in [3.8, 4) is 0 Å². The van der Waals surface area contributed by atoms with Gasteiger partial charge in [-0.1, -0.05) is 0 Å². The van der Waals surface area contributed by atoms with Crippen LogP contribution in [0.1, 0.15) is 44.3 Å². The minimum atomic E-state index is -0.279. The van der Waals surface area contributed by atoms with Crippen molar-refractivity contribution in [3.05, 3.63) is 10.6 Å². The molecule has 1 heterocycles. The molecular weight excluding hydrogens is 310 g/mol. The van der Waals surface area contributed by atoms with Gasteiger partial charge in [0.05, 0.1) is 6.61 Å². The molecule has 0 saturated heterocycles. The van der Waals surface area contributed by atoms with E-state index in [1.54, 1.807) is 0 Å². The van der Waals surface area contributed by atoms with Crippen LogP contribution in [0, 0.1) is 17.8 Å². The first-order chi connectivity index (χ1) is 9.20. The standard InChI is InChI=1S/C13H18BrN3O2/c1-2-19-12(18)10(11-15-13(14)17-16-11)9(7-3-4-7)8-5-6-8/h7-10H,2-6H2,1H3,(H,15,16,17). The lowest BCUT2D eigenvalue weighted by molar-refractivity contribution is -0.147. The molecule has 1 atom stereocenters. The molecule has 2 aliphatic rings. The summed E-state index contributed by atoms with van der Waals surface area (Å²) in [6.45, 7) is 2.25. The second-order valence-corrected chi connectivity index (χ2v) is 6.18. The average Bonchev–Trinajstić information content (AvgIpc) is 3.28. The molecular formula is C13H18BrN3O2. The molecule has 0 radical (unpaired) electrons. The average molecular weight is 328 g/mol. The molecule has 104 valence electrons. The van der Waals surface area contributed by atoms with Gasteiger partial charge in [-0.2, -0.15) is 0 Å². The first kappa shape index (κ1) is 13.1. The molecule has 0 aromatic carbocycles. The second-order valence-electron chi connectivity index (χ2n) is 5.47. The summed E-state index contributed by atoms with van der Waals surface area (Å²) in [6.07, 6.45) is 4.91. The van der Waals surface area contributed by atoms with Gasteiger partial charge in [0.1, 0.15) is 11.7 Å². The van der Waals surface area contributed by atoms with Crippen molar-refractivity contribution in [1.82, 2.24) is 15.2 Å². The molecule has 19 heavy (non-hydrogen) atoms. The maximum Gasteiger partial charge on any atom is 0.316 e. The lowest BCUT2D eigenvalue weighted by atomic mass is 9.83. The zero-order chi connectivity index (χ0) is 13.4. The summed E-state index contributed by atoms with van der Waals surface area (Å²) >= 11 is 3.24. The summed E-state index contributed by atoms with van der Waals surface area (Å²) in [4.78, 5) is 16.6. The number of nitrogens with one attached hydrogen (secondary N) is 1. The minimum Gasteiger partial charge on any atom is -0.465 e. The molecule has 0 bridgehead atoms. The van der Waals surface area contributed by atoms with E-state index in [2.05, 4.69) is 31.1 Å². The Hall–Kier alpha value is -0.910. The molecule has 2 saturated carbocycles. The van der Waals surface area contributed by atoms with E-state index >= 15 is 0 Å². The lowest BCUT2D eigenvalue weighted by Gasteiger charge is -2.23. The Kier molecular flexibility index (Phi) is 3.60. The largest absolute Gasteiger partial charge is 0.465 e. The summed E-state index contributed by atoms with van der Waals surface area (Å²) in [5.74, 6) is 1.90. The third-order valence-corrected chi connectivity index (χ3v) is 4.38. The Morgan fingerprint density at radius 1 is 1.42 bits per heavy atom. The lowest BCUT2D eigenvalue weighted by Crippen LogP contribution is -2.28. The van der Waals surface area contributed by atoms with Crippen LogP contribution in [0.4, 0.5) is 0 Å². The maximum atomic E-state index is 12.3. The van der Waals surface area contributed by atoms with Gasteiger partial charge in [-0.3, -0.25) is 9.89 Å². The van der Waals surface area contributed by atoms with E-state index in [0.29, 0.717) is 34.9 Å². The van der Waals surface area contributed by atoms with Crippen LogP contribution in [-0.2, 0) is 9.53 Å². The van der Waals surface area contributed by atoms with Gasteiger partial charge in [0.2, 0.25) is 4.73 Å². The van der Waals surface area contributed by atoms with Crippen LogP contribution >= 0.6 is 15.9 Å². The number of aromatic nitrogens is 3. The highest BCUT2D eigenvalue weighted by atomic mass is 79.9. The number of ether oxygens (including phenoxy) is 1. The predicted molar refractivity (Wildman–Crippen MR) is 72.4 cm³/mol. The van der Waals surface area contributed by atoms with Crippen LogP contribution in [-0.4, -0.2) is 27.8 Å². The summed E-state index contributed by atoms with van der Waals surface area (Å²) in [5, 5.41) is 6.88. The third kappa shape index (κ3) is 2.83. The van der Waals surface area contributed by atoms with Crippen molar-refractivity contribution in [2.45, 2.75) is 38.5 Å². The van der Waals surface area contributed by atoms with Crippen molar-refractivity contribution < 1.29 is 9.53 Å². The summed E-state index contributed by atoms with van der Waals surface area (Å²) in [5.41, 5.74) is 0. The number of H-pyrrole nitrogens is 1. The second kappa shape index (κ2) is 5.23. The fourth-order valence-electron chi connectivity index (χ4n) is 2.97. The highest BCUT2D eigenvalue weighted by molar-refractivity contribution is 9.10. The van der Waals surface area contributed by atoms with Gasteiger partial charge >= 0.3 is 5.97 Å². The molecule has 2 fully saturated rings. The first-order valence-electron chi connectivity index (χ1n) is 6.95. The molecule has 1 unspecified atom stereocenters. The first-order valence-corrected chi connectivity index (χ1v) is 7.74. The Morgan fingerprint density at radius 3 is 2.47 bits per heavy atom. The van der Waals surface area contributed by atoms with Crippen molar-refractivity contribution >= 4 is 21.9 Å². The number of esters is 1. The number of hydrogen-bond donors (Lipinski definition) is 1. The highest BCUT2D eigenvalue weighted by Gasteiger charge is 2.49. The van der Waals surface area contributed by atoms with Gasteiger partial charge in [-0.15, -0.1) is 5.10 Å². The fourth-order valence-corrected chi connectivity index (χ4v) is 3.25. The topological polar surface area (TPSA) is 67.9 Å². The van der Waals surface area contributed by atoms with Crippen LogP contribution < -0.4 is 0 Å². The fraction of sp³-hybridized carbons (Fsp3) is 0.769. The number of hydrogen-bond acceptors (Lipinski definition) is 4. The van der Waals surface area contributed by atoms with Crippen LogP contribution in [0.3, 0.4) is 0 Å². The van der Waals surface area contributed by atoms with E-state index in [4.69, 9.17) is 4.74 Å². The Balaban J connectivity index is 1.88. The Morgan fingerprint density at radius 2 is 2.05 bits per heavy atom. The van der Waals surface area contributed by atoms with Gasteiger partial charge in [0.25, 0.3) is 0 Å². The number of aromatic amines is 1. The normalized spacial score (nSPS) is 20.6. The number of nitrogens with zero attached hydrogens (tertiary/aromatic N) is 2. The van der Waals surface area contributed by atoms with Crippen molar-refractivity contribution in [3.63, 3.8) is 0 Å².